The van der Waals surface area contributed by atoms with Gasteiger partial charge in [-0.15, -0.1) is 0 Å². The van der Waals surface area contributed by atoms with E-state index in [1.807, 2.05) is 30.3 Å². The van der Waals surface area contributed by atoms with E-state index in [1.54, 1.807) is 24.0 Å². The summed E-state index contributed by atoms with van der Waals surface area (Å²) in [4.78, 5) is 26.1. The Kier molecular flexibility index (Phi) is 4.10. The molecule has 0 bridgehead atoms. The molecule has 1 fully saturated rings. The maximum absolute atomic E-state index is 13.5. The van der Waals surface area contributed by atoms with Crippen molar-refractivity contribution >= 4 is 23.2 Å². The first kappa shape index (κ1) is 15.2. The Morgan fingerprint density at radius 3 is 2.65 bits per heavy atom. The van der Waals surface area contributed by atoms with E-state index < -0.39 is 5.92 Å². The number of amides is 2. The first-order valence-corrected chi connectivity index (χ1v) is 7.47. The van der Waals surface area contributed by atoms with Crippen molar-refractivity contribution in [1.29, 1.82) is 0 Å². The predicted octanol–water partition coefficient (Wildman–Crippen LogP) is 3.13. The predicted molar refractivity (Wildman–Crippen MR) is 86.7 cm³/mol. The molecule has 1 heterocycles. The molecule has 0 radical (unpaired) electrons. The number of benzene rings is 2. The van der Waals surface area contributed by atoms with Gasteiger partial charge in [-0.05, 0) is 36.8 Å². The number of hydrogen-bond donors (Lipinski definition) is 1. The van der Waals surface area contributed by atoms with Crippen LogP contribution in [-0.4, -0.2) is 18.4 Å². The second-order valence-corrected chi connectivity index (χ2v) is 5.69. The molecule has 1 aliphatic heterocycles. The number of nitrogens with zero attached hydrogens (tertiary/aromatic N) is 1. The van der Waals surface area contributed by atoms with E-state index in [0.29, 0.717) is 17.8 Å². The number of carbonyl (C=O) groups is 2. The molecule has 2 amide bonds. The molecule has 23 heavy (non-hydrogen) atoms. The molecule has 1 unspecified atom stereocenters. The molecule has 0 aliphatic carbocycles. The number of halogens is 1. The first-order chi connectivity index (χ1) is 11.0. The summed E-state index contributed by atoms with van der Waals surface area (Å²) in [6, 6.07) is 13.8. The average Bonchev–Trinajstić information content (AvgIpc) is 2.94. The number of rotatable bonds is 3. The van der Waals surface area contributed by atoms with E-state index in [1.165, 1.54) is 6.07 Å². The number of nitrogens with one attached hydrogen (secondary N) is 1. The summed E-state index contributed by atoms with van der Waals surface area (Å²) < 4.78 is 13.5. The fourth-order valence-electron chi connectivity index (χ4n) is 2.66. The molecule has 3 rings (SSSR count). The fraction of sp³-hybridized carbons (Fsp3) is 0.222. The molecule has 2 aromatic rings. The molecule has 5 heteroatoms. The van der Waals surface area contributed by atoms with Crippen LogP contribution in [0.15, 0.2) is 48.5 Å². The van der Waals surface area contributed by atoms with Crippen LogP contribution in [0.3, 0.4) is 0 Å². The zero-order valence-electron chi connectivity index (χ0n) is 12.8. The van der Waals surface area contributed by atoms with Gasteiger partial charge in [-0.3, -0.25) is 9.59 Å². The van der Waals surface area contributed by atoms with Gasteiger partial charge in [0.15, 0.2) is 0 Å². The Labute approximate surface area is 133 Å². The van der Waals surface area contributed by atoms with Crippen molar-refractivity contribution in [2.45, 2.75) is 13.3 Å². The molecule has 1 N–H and O–H groups in total. The molecule has 0 saturated carbocycles. The molecular weight excluding hydrogens is 295 g/mol. The lowest BCUT2D eigenvalue weighted by Crippen LogP contribution is -2.28. The second-order valence-electron chi connectivity index (χ2n) is 5.69. The lowest BCUT2D eigenvalue weighted by molar-refractivity contribution is -0.122. The zero-order chi connectivity index (χ0) is 16.4. The fourth-order valence-corrected chi connectivity index (χ4v) is 2.66. The highest BCUT2D eigenvalue weighted by atomic mass is 19.1. The van der Waals surface area contributed by atoms with Gasteiger partial charge in [-0.1, -0.05) is 24.3 Å². The van der Waals surface area contributed by atoms with Gasteiger partial charge in [0.05, 0.1) is 5.92 Å². The summed E-state index contributed by atoms with van der Waals surface area (Å²) in [7, 11) is 0. The number of hydrogen-bond acceptors (Lipinski definition) is 2. The van der Waals surface area contributed by atoms with Crippen LogP contribution in [0, 0.1) is 18.7 Å². The summed E-state index contributed by atoms with van der Waals surface area (Å²) in [5, 5.41) is 2.69. The third-order valence-electron chi connectivity index (χ3n) is 4.00. The maximum Gasteiger partial charge on any atom is 0.229 e. The monoisotopic (exact) mass is 312 g/mol. The van der Waals surface area contributed by atoms with Gasteiger partial charge in [0, 0.05) is 24.3 Å². The van der Waals surface area contributed by atoms with Crippen LogP contribution < -0.4 is 10.2 Å². The van der Waals surface area contributed by atoms with Crippen molar-refractivity contribution in [3.63, 3.8) is 0 Å². The highest BCUT2D eigenvalue weighted by Crippen LogP contribution is 2.26. The summed E-state index contributed by atoms with van der Waals surface area (Å²) in [6.07, 6.45) is 0.162. The zero-order valence-corrected chi connectivity index (χ0v) is 12.8. The molecule has 1 saturated heterocycles. The Hall–Kier alpha value is -2.69. The summed E-state index contributed by atoms with van der Waals surface area (Å²) >= 11 is 0. The quantitative estimate of drug-likeness (QED) is 0.946. The molecule has 0 spiro atoms. The van der Waals surface area contributed by atoms with Crippen LogP contribution in [-0.2, 0) is 9.59 Å². The number of carbonyl (C=O) groups excluding carboxylic acids is 2. The van der Waals surface area contributed by atoms with E-state index in [9.17, 15) is 14.0 Å². The van der Waals surface area contributed by atoms with Crippen LogP contribution in [0.1, 0.15) is 12.0 Å². The lowest BCUT2D eigenvalue weighted by atomic mass is 10.1. The van der Waals surface area contributed by atoms with Gasteiger partial charge in [0.25, 0.3) is 0 Å². The average molecular weight is 312 g/mol. The minimum atomic E-state index is -0.438. The van der Waals surface area contributed by atoms with Crippen molar-refractivity contribution in [2.24, 2.45) is 5.92 Å². The number of para-hydroxylation sites is 1. The topological polar surface area (TPSA) is 49.4 Å². The Morgan fingerprint density at radius 1 is 1.22 bits per heavy atom. The summed E-state index contributed by atoms with van der Waals surface area (Å²) in [5.41, 5.74) is 1.71. The number of anilines is 2. The molecule has 4 nitrogen and oxygen atoms in total. The summed E-state index contributed by atoms with van der Waals surface area (Å²) in [6.45, 7) is 2.00. The van der Waals surface area contributed by atoms with Crippen molar-refractivity contribution in [1.82, 2.24) is 0 Å². The standard InChI is InChI=1S/C18H17FN2O2/c1-12-7-8-14(10-16(12)19)20-18(23)13-9-17(22)21(11-13)15-5-3-2-4-6-15/h2-8,10,13H,9,11H2,1H3,(H,20,23). The normalized spacial score (nSPS) is 17.4. The largest absolute Gasteiger partial charge is 0.326 e. The van der Waals surface area contributed by atoms with Gasteiger partial charge >= 0.3 is 0 Å². The highest BCUT2D eigenvalue weighted by Gasteiger charge is 2.35. The van der Waals surface area contributed by atoms with Crippen LogP contribution in [0.25, 0.3) is 0 Å². The molecule has 0 aromatic heterocycles. The minimum absolute atomic E-state index is 0.0774. The van der Waals surface area contributed by atoms with E-state index in [-0.39, 0.29) is 24.1 Å². The third-order valence-corrected chi connectivity index (χ3v) is 4.00. The third kappa shape index (κ3) is 3.23. The Balaban J connectivity index is 1.69. The van der Waals surface area contributed by atoms with Gasteiger partial charge in [-0.2, -0.15) is 0 Å². The van der Waals surface area contributed by atoms with Crippen LogP contribution in [0.5, 0.6) is 0 Å². The van der Waals surface area contributed by atoms with E-state index >= 15 is 0 Å². The van der Waals surface area contributed by atoms with Crippen molar-refractivity contribution in [2.75, 3.05) is 16.8 Å². The maximum atomic E-state index is 13.5. The molecular formula is C18H17FN2O2. The smallest absolute Gasteiger partial charge is 0.229 e. The van der Waals surface area contributed by atoms with E-state index in [4.69, 9.17) is 0 Å². The SMILES string of the molecule is Cc1ccc(NC(=O)C2CC(=O)N(c3ccccc3)C2)cc1F. The van der Waals surface area contributed by atoms with Crippen molar-refractivity contribution < 1.29 is 14.0 Å². The van der Waals surface area contributed by atoms with E-state index in [0.717, 1.165) is 5.69 Å². The van der Waals surface area contributed by atoms with Crippen LogP contribution >= 0.6 is 0 Å². The van der Waals surface area contributed by atoms with Crippen LogP contribution in [0.2, 0.25) is 0 Å². The van der Waals surface area contributed by atoms with Gasteiger partial charge in [-0.25, -0.2) is 4.39 Å². The second kappa shape index (κ2) is 6.20. The Morgan fingerprint density at radius 2 is 1.96 bits per heavy atom. The van der Waals surface area contributed by atoms with Crippen LogP contribution in [0.4, 0.5) is 15.8 Å². The molecule has 1 aliphatic rings. The number of aryl methyl sites for hydroxylation is 1. The van der Waals surface area contributed by atoms with Crippen molar-refractivity contribution in [3.8, 4) is 0 Å². The molecule has 118 valence electrons. The van der Waals surface area contributed by atoms with Gasteiger partial charge < -0.3 is 10.2 Å². The highest BCUT2D eigenvalue weighted by molar-refractivity contribution is 6.03. The van der Waals surface area contributed by atoms with Gasteiger partial charge in [0.2, 0.25) is 11.8 Å². The first-order valence-electron chi connectivity index (χ1n) is 7.47. The molecule has 2 aromatic carbocycles. The van der Waals surface area contributed by atoms with Gasteiger partial charge in [0.1, 0.15) is 5.82 Å². The minimum Gasteiger partial charge on any atom is -0.326 e. The lowest BCUT2D eigenvalue weighted by Gasteiger charge is -2.16. The van der Waals surface area contributed by atoms with E-state index in [2.05, 4.69) is 5.32 Å². The Bertz CT molecular complexity index is 746. The molecule has 1 atom stereocenters. The summed E-state index contributed by atoms with van der Waals surface area (Å²) in [5.74, 6) is -1.14. The van der Waals surface area contributed by atoms with Crippen molar-refractivity contribution in [3.05, 3.63) is 59.9 Å².